The van der Waals surface area contributed by atoms with Crippen molar-refractivity contribution in [2.24, 2.45) is 5.92 Å². The van der Waals surface area contributed by atoms with Gasteiger partial charge in [0.2, 0.25) is 0 Å². The highest BCUT2D eigenvalue weighted by Crippen LogP contribution is 2.28. The van der Waals surface area contributed by atoms with E-state index in [1.54, 1.807) is 0 Å². The summed E-state index contributed by atoms with van der Waals surface area (Å²) in [7, 11) is 0. The molecule has 1 aliphatic carbocycles. The van der Waals surface area contributed by atoms with Crippen LogP contribution >= 0.6 is 0 Å². The van der Waals surface area contributed by atoms with Crippen molar-refractivity contribution in [3.05, 3.63) is 35.9 Å². The van der Waals surface area contributed by atoms with Crippen molar-refractivity contribution in [1.82, 2.24) is 5.32 Å². The summed E-state index contributed by atoms with van der Waals surface area (Å²) >= 11 is 0. The summed E-state index contributed by atoms with van der Waals surface area (Å²) in [6.07, 6.45) is 4.19. The smallest absolute Gasteiger partial charge is 0.408 e. The minimum atomic E-state index is -1.00. The predicted molar refractivity (Wildman–Crippen MR) is 77.8 cm³/mol. The van der Waals surface area contributed by atoms with Crippen molar-refractivity contribution < 1.29 is 19.4 Å². The molecule has 1 saturated carbocycles. The Morgan fingerprint density at radius 1 is 1.24 bits per heavy atom. The molecule has 5 nitrogen and oxygen atoms in total. The molecule has 1 atom stereocenters. The lowest BCUT2D eigenvalue weighted by Gasteiger charge is -2.18. The van der Waals surface area contributed by atoms with E-state index in [0.717, 1.165) is 31.2 Å². The van der Waals surface area contributed by atoms with Crippen molar-refractivity contribution >= 4 is 12.1 Å². The van der Waals surface area contributed by atoms with Gasteiger partial charge in [-0.15, -0.1) is 0 Å². The molecule has 0 unspecified atom stereocenters. The minimum absolute atomic E-state index is 0.141. The number of aliphatic carboxylic acids is 1. The standard InChI is InChI=1S/C16H21NO4/c18-15(19)14(10-12-6-4-5-7-12)17-16(20)21-11-13-8-2-1-3-9-13/h1-3,8-9,12,14H,4-7,10-11H2,(H,17,20)(H,18,19)/t14-/m0/s1. The number of carboxylic acid groups (broad SMARTS) is 1. The van der Waals surface area contributed by atoms with Gasteiger partial charge in [0.05, 0.1) is 0 Å². The van der Waals surface area contributed by atoms with Gasteiger partial charge in [-0.2, -0.15) is 0 Å². The third kappa shape index (κ3) is 5.10. The first-order chi connectivity index (χ1) is 10.1. The van der Waals surface area contributed by atoms with E-state index >= 15 is 0 Å². The molecule has 0 aromatic heterocycles. The lowest BCUT2D eigenvalue weighted by molar-refractivity contribution is -0.139. The summed E-state index contributed by atoms with van der Waals surface area (Å²) < 4.78 is 5.06. The van der Waals surface area contributed by atoms with Gasteiger partial charge in [0.25, 0.3) is 0 Å². The second kappa shape index (κ2) is 7.67. The molecule has 0 heterocycles. The van der Waals surface area contributed by atoms with Crippen molar-refractivity contribution in [2.45, 2.75) is 44.8 Å². The number of rotatable bonds is 6. The summed E-state index contributed by atoms with van der Waals surface area (Å²) in [5.74, 6) is -0.612. The van der Waals surface area contributed by atoms with E-state index in [-0.39, 0.29) is 6.61 Å². The maximum atomic E-state index is 11.7. The highest BCUT2D eigenvalue weighted by Gasteiger charge is 2.26. The van der Waals surface area contributed by atoms with Gasteiger partial charge in [-0.25, -0.2) is 9.59 Å². The maximum Gasteiger partial charge on any atom is 0.408 e. The molecular weight excluding hydrogens is 270 g/mol. The van der Waals surface area contributed by atoms with Crippen LogP contribution in [0.25, 0.3) is 0 Å². The molecule has 21 heavy (non-hydrogen) atoms. The monoisotopic (exact) mass is 291 g/mol. The quantitative estimate of drug-likeness (QED) is 0.845. The largest absolute Gasteiger partial charge is 0.480 e. The second-order valence-electron chi connectivity index (χ2n) is 5.48. The van der Waals surface area contributed by atoms with Crippen LogP contribution in [0.2, 0.25) is 0 Å². The first kappa shape index (κ1) is 15.4. The fourth-order valence-electron chi connectivity index (χ4n) is 2.71. The number of ether oxygens (including phenoxy) is 1. The fourth-order valence-corrected chi connectivity index (χ4v) is 2.71. The Balaban J connectivity index is 1.79. The number of hydrogen-bond acceptors (Lipinski definition) is 3. The van der Waals surface area contributed by atoms with Crippen LogP contribution in [0.3, 0.4) is 0 Å². The molecule has 1 fully saturated rings. The molecule has 2 rings (SSSR count). The molecule has 5 heteroatoms. The fraction of sp³-hybridized carbons (Fsp3) is 0.500. The van der Waals surface area contributed by atoms with Crippen LogP contribution in [0.5, 0.6) is 0 Å². The molecule has 1 amide bonds. The summed E-state index contributed by atoms with van der Waals surface area (Å²) in [5, 5.41) is 11.7. The molecule has 0 bridgehead atoms. The highest BCUT2D eigenvalue weighted by molar-refractivity contribution is 5.79. The number of hydrogen-bond donors (Lipinski definition) is 2. The van der Waals surface area contributed by atoms with E-state index in [9.17, 15) is 14.7 Å². The van der Waals surface area contributed by atoms with Gasteiger partial charge in [0.15, 0.2) is 0 Å². The molecule has 1 aromatic rings. The molecule has 1 aliphatic rings. The Kier molecular flexibility index (Phi) is 5.60. The van der Waals surface area contributed by atoms with E-state index in [1.807, 2.05) is 30.3 Å². The SMILES string of the molecule is O=C(N[C@@H](CC1CCCC1)C(=O)O)OCc1ccccc1. The summed E-state index contributed by atoms with van der Waals surface area (Å²) in [4.78, 5) is 22.9. The molecule has 0 saturated heterocycles. The number of carbonyl (C=O) groups is 2. The first-order valence-corrected chi connectivity index (χ1v) is 7.35. The molecular formula is C16H21NO4. The Morgan fingerprint density at radius 2 is 1.90 bits per heavy atom. The third-order valence-corrected chi connectivity index (χ3v) is 3.85. The molecule has 0 radical (unpaired) electrons. The van der Waals surface area contributed by atoms with Crippen LogP contribution in [0.15, 0.2) is 30.3 Å². The summed E-state index contributed by atoms with van der Waals surface area (Å²) in [6, 6.07) is 8.43. The topological polar surface area (TPSA) is 75.6 Å². The van der Waals surface area contributed by atoms with Gasteiger partial charge in [-0.1, -0.05) is 56.0 Å². The molecule has 114 valence electrons. The zero-order valence-corrected chi connectivity index (χ0v) is 12.0. The number of nitrogens with one attached hydrogen (secondary N) is 1. The van der Waals surface area contributed by atoms with Crippen molar-refractivity contribution in [3.8, 4) is 0 Å². The van der Waals surface area contributed by atoms with Crippen molar-refractivity contribution in [1.29, 1.82) is 0 Å². The molecule has 2 N–H and O–H groups in total. The zero-order valence-electron chi connectivity index (χ0n) is 12.0. The van der Waals surface area contributed by atoms with E-state index in [0.29, 0.717) is 12.3 Å². The number of carbonyl (C=O) groups excluding carboxylic acids is 1. The number of carboxylic acids is 1. The third-order valence-electron chi connectivity index (χ3n) is 3.85. The molecule has 0 aliphatic heterocycles. The second-order valence-corrected chi connectivity index (χ2v) is 5.48. The first-order valence-electron chi connectivity index (χ1n) is 7.35. The average Bonchev–Trinajstić information content (AvgIpc) is 2.98. The van der Waals surface area contributed by atoms with Gasteiger partial charge in [0, 0.05) is 0 Å². The summed E-state index contributed by atoms with van der Waals surface area (Å²) in [5.41, 5.74) is 0.871. The summed E-state index contributed by atoms with van der Waals surface area (Å²) in [6.45, 7) is 0.141. The van der Waals surface area contributed by atoms with E-state index < -0.39 is 18.1 Å². The van der Waals surface area contributed by atoms with E-state index in [2.05, 4.69) is 5.32 Å². The Labute approximate surface area is 124 Å². The Morgan fingerprint density at radius 3 is 2.52 bits per heavy atom. The maximum absolute atomic E-state index is 11.7. The van der Waals surface area contributed by atoms with E-state index in [4.69, 9.17) is 4.74 Å². The van der Waals surface area contributed by atoms with Gasteiger partial charge >= 0.3 is 12.1 Å². The number of alkyl carbamates (subject to hydrolysis) is 1. The zero-order chi connectivity index (χ0) is 15.1. The normalized spacial score (nSPS) is 16.4. The lowest BCUT2D eigenvalue weighted by atomic mass is 9.98. The molecule has 1 aromatic carbocycles. The van der Waals surface area contributed by atoms with E-state index in [1.165, 1.54) is 0 Å². The van der Waals surface area contributed by atoms with Gasteiger partial charge in [-0.05, 0) is 17.9 Å². The van der Waals surface area contributed by atoms with Crippen LogP contribution < -0.4 is 5.32 Å². The molecule has 0 spiro atoms. The Bertz CT molecular complexity index is 468. The van der Waals surface area contributed by atoms with Crippen LogP contribution in [-0.4, -0.2) is 23.2 Å². The van der Waals surface area contributed by atoms with Gasteiger partial charge < -0.3 is 15.2 Å². The number of amides is 1. The van der Waals surface area contributed by atoms with Crippen LogP contribution in [-0.2, 0) is 16.1 Å². The van der Waals surface area contributed by atoms with Gasteiger partial charge in [0.1, 0.15) is 12.6 Å². The van der Waals surface area contributed by atoms with Crippen LogP contribution in [0, 0.1) is 5.92 Å². The predicted octanol–water partition coefficient (Wildman–Crippen LogP) is 2.95. The lowest BCUT2D eigenvalue weighted by Crippen LogP contribution is -2.42. The average molecular weight is 291 g/mol. The minimum Gasteiger partial charge on any atom is -0.480 e. The van der Waals surface area contributed by atoms with Crippen molar-refractivity contribution in [2.75, 3.05) is 0 Å². The van der Waals surface area contributed by atoms with Crippen molar-refractivity contribution in [3.63, 3.8) is 0 Å². The van der Waals surface area contributed by atoms with Crippen LogP contribution in [0.1, 0.15) is 37.7 Å². The highest BCUT2D eigenvalue weighted by atomic mass is 16.5. The van der Waals surface area contributed by atoms with Crippen LogP contribution in [0.4, 0.5) is 4.79 Å². The Hall–Kier alpha value is -2.04. The van der Waals surface area contributed by atoms with Gasteiger partial charge in [-0.3, -0.25) is 0 Å². The number of benzene rings is 1.